The van der Waals surface area contributed by atoms with Crippen molar-refractivity contribution in [3.8, 4) is 39.8 Å². The van der Waals surface area contributed by atoms with Gasteiger partial charge in [0.25, 0.3) is 0 Å². The van der Waals surface area contributed by atoms with Gasteiger partial charge in [-0.3, -0.25) is 0 Å². The van der Waals surface area contributed by atoms with Crippen LogP contribution in [-0.2, 0) is 13.2 Å². The lowest BCUT2D eigenvalue weighted by molar-refractivity contribution is 0.306. The second-order valence-corrected chi connectivity index (χ2v) is 8.44. The fourth-order valence-electron chi connectivity index (χ4n) is 3.94. The molecule has 0 aliphatic rings. The lowest BCUT2D eigenvalue weighted by Crippen LogP contribution is -2.01. The highest BCUT2D eigenvalue weighted by atomic mass is 16.5. The zero-order valence-corrected chi connectivity index (χ0v) is 20.5. The highest BCUT2D eigenvalue weighted by Gasteiger charge is 2.14. The molecule has 0 bridgehead atoms. The Hall–Kier alpha value is -4.84. The molecule has 1 heterocycles. The van der Waals surface area contributed by atoms with E-state index in [0.717, 1.165) is 33.6 Å². The number of aromatic nitrogens is 2. The van der Waals surface area contributed by atoms with E-state index in [1.54, 1.807) is 13.2 Å². The van der Waals surface area contributed by atoms with Crippen LogP contribution in [0.3, 0.4) is 0 Å². The maximum atomic E-state index is 6.21. The summed E-state index contributed by atoms with van der Waals surface area (Å²) in [7, 11) is 1.55. The van der Waals surface area contributed by atoms with Crippen molar-refractivity contribution in [2.45, 2.75) is 13.2 Å². The summed E-state index contributed by atoms with van der Waals surface area (Å²) < 4.78 is 17.5. The summed E-state index contributed by atoms with van der Waals surface area (Å²) in [5.41, 5.74) is 11.6. The van der Waals surface area contributed by atoms with E-state index in [1.165, 1.54) is 0 Å². The summed E-state index contributed by atoms with van der Waals surface area (Å²) in [6.45, 7) is 0.951. The third kappa shape index (κ3) is 6.05. The van der Waals surface area contributed by atoms with Gasteiger partial charge < -0.3 is 19.9 Å². The Balaban J connectivity index is 1.43. The third-order valence-corrected chi connectivity index (χ3v) is 5.86. The zero-order valence-electron chi connectivity index (χ0n) is 20.5. The minimum absolute atomic E-state index is 0.133. The van der Waals surface area contributed by atoms with Gasteiger partial charge in [0.1, 0.15) is 24.7 Å². The van der Waals surface area contributed by atoms with E-state index in [-0.39, 0.29) is 5.95 Å². The number of nitrogens with two attached hydrogens (primary N) is 1. The molecule has 5 aromatic rings. The van der Waals surface area contributed by atoms with E-state index >= 15 is 0 Å². The van der Waals surface area contributed by atoms with Crippen molar-refractivity contribution in [3.63, 3.8) is 0 Å². The normalized spacial score (nSPS) is 10.6. The molecule has 0 aliphatic carbocycles. The number of rotatable bonds is 9. The van der Waals surface area contributed by atoms with Crippen LogP contribution < -0.4 is 19.9 Å². The maximum absolute atomic E-state index is 6.21. The van der Waals surface area contributed by atoms with Crippen LogP contribution in [-0.4, -0.2) is 17.1 Å². The number of methoxy groups -OCH3 is 1. The largest absolute Gasteiger partial charge is 0.489 e. The monoisotopic (exact) mass is 489 g/mol. The van der Waals surface area contributed by atoms with Gasteiger partial charge in [-0.1, -0.05) is 78.9 Å². The van der Waals surface area contributed by atoms with Gasteiger partial charge in [0.2, 0.25) is 11.8 Å². The summed E-state index contributed by atoms with van der Waals surface area (Å²) in [5, 5.41) is 0. The smallest absolute Gasteiger partial charge is 0.223 e. The van der Waals surface area contributed by atoms with Gasteiger partial charge >= 0.3 is 0 Å². The molecule has 0 unspecified atom stereocenters. The van der Waals surface area contributed by atoms with Crippen molar-refractivity contribution >= 4 is 5.95 Å². The first-order valence-corrected chi connectivity index (χ1v) is 11.9. The highest BCUT2D eigenvalue weighted by Crippen LogP contribution is 2.36. The van der Waals surface area contributed by atoms with Gasteiger partial charge in [-0.25, -0.2) is 4.98 Å². The first kappa shape index (κ1) is 23.9. The number of hydrogen-bond acceptors (Lipinski definition) is 6. The van der Waals surface area contributed by atoms with E-state index in [0.29, 0.717) is 30.5 Å². The van der Waals surface area contributed by atoms with Crippen molar-refractivity contribution in [2.75, 3.05) is 12.8 Å². The number of ether oxygens (including phenoxy) is 3. The molecule has 1 aromatic heterocycles. The summed E-state index contributed by atoms with van der Waals surface area (Å²) in [6.07, 6.45) is 0. The molecule has 0 fully saturated rings. The second kappa shape index (κ2) is 11.3. The van der Waals surface area contributed by atoms with Crippen LogP contribution in [0.25, 0.3) is 22.4 Å². The van der Waals surface area contributed by atoms with Gasteiger partial charge in [0, 0.05) is 11.6 Å². The Morgan fingerprint density at radius 1 is 0.649 bits per heavy atom. The molecule has 0 radical (unpaired) electrons. The van der Waals surface area contributed by atoms with E-state index in [9.17, 15) is 0 Å². The number of anilines is 1. The molecule has 37 heavy (non-hydrogen) atoms. The van der Waals surface area contributed by atoms with Crippen LogP contribution in [0.15, 0.2) is 109 Å². The summed E-state index contributed by atoms with van der Waals surface area (Å²) >= 11 is 0. The predicted octanol–water partition coefficient (Wildman–Crippen LogP) is 6.56. The van der Waals surface area contributed by atoms with Crippen LogP contribution in [0, 0.1) is 0 Å². The van der Waals surface area contributed by atoms with Gasteiger partial charge in [0.05, 0.1) is 12.8 Å². The fourth-order valence-corrected chi connectivity index (χ4v) is 3.94. The molecular formula is C31H27N3O3. The second-order valence-electron chi connectivity index (χ2n) is 8.44. The zero-order chi connectivity index (χ0) is 25.5. The molecule has 0 spiro atoms. The minimum atomic E-state index is 0.133. The predicted molar refractivity (Wildman–Crippen MR) is 145 cm³/mol. The van der Waals surface area contributed by atoms with Gasteiger partial charge in [0.15, 0.2) is 0 Å². The number of hydrogen-bond donors (Lipinski definition) is 1. The third-order valence-electron chi connectivity index (χ3n) is 5.86. The Kier molecular flexibility index (Phi) is 7.27. The first-order chi connectivity index (χ1) is 18.2. The minimum Gasteiger partial charge on any atom is -0.489 e. The van der Waals surface area contributed by atoms with Crippen molar-refractivity contribution in [1.82, 2.24) is 9.97 Å². The quantitative estimate of drug-likeness (QED) is 0.253. The molecule has 5 rings (SSSR count). The van der Waals surface area contributed by atoms with Crippen LogP contribution in [0.1, 0.15) is 11.1 Å². The number of nitrogens with zero attached hydrogens (tertiary/aromatic N) is 2. The highest BCUT2D eigenvalue weighted by molar-refractivity contribution is 5.77. The standard InChI is InChI=1S/C31H27N3O3/c1-35-30-19-28(33-31(32)34-30)27-18-25(14-17-29(27)37-21-23-10-6-3-7-11-23)24-12-15-26(16-13-24)36-20-22-8-4-2-5-9-22/h2-19H,20-21H2,1H3,(H2,32,33,34). The molecule has 6 heteroatoms. The van der Waals surface area contributed by atoms with Crippen LogP contribution in [0.2, 0.25) is 0 Å². The summed E-state index contributed by atoms with van der Waals surface area (Å²) in [6, 6.07) is 36.0. The van der Waals surface area contributed by atoms with Gasteiger partial charge in [-0.15, -0.1) is 0 Å². The van der Waals surface area contributed by atoms with Gasteiger partial charge in [-0.05, 0) is 46.5 Å². The van der Waals surface area contributed by atoms with Crippen LogP contribution in [0.4, 0.5) is 5.95 Å². The molecule has 184 valence electrons. The van der Waals surface area contributed by atoms with Crippen molar-refractivity contribution < 1.29 is 14.2 Å². The lowest BCUT2D eigenvalue weighted by atomic mass is 10.0. The summed E-state index contributed by atoms with van der Waals surface area (Å²) in [4.78, 5) is 8.58. The Labute approximate surface area is 216 Å². The van der Waals surface area contributed by atoms with Crippen molar-refractivity contribution in [2.24, 2.45) is 0 Å². The Bertz CT molecular complexity index is 1460. The maximum Gasteiger partial charge on any atom is 0.223 e. The average molecular weight is 490 g/mol. The lowest BCUT2D eigenvalue weighted by Gasteiger charge is -2.14. The van der Waals surface area contributed by atoms with Crippen molar-refractivity contribution in [3.05, 3.63) is 120 Å². The first-order valence-electron chi connectivity index (χ1n) is 11.9. The molecule has 6 nitrogen and oxygen atoms in total. The number of benzene rings is 4. The SMILES string of the molecule is COc1cc(-c2cc(-c3ccc(OCc4ccccc4)cc3)ccc2OCc2ccccc2)nc(N)n1. The van der Waals surface area contributed by atoms with Gasteiger partial charge in [-0.2, -0.15) is 4.98 Å². The van der Waals surface area contributed by atoms with E-state index in [4.69, 9.17) is 19.9 Å². The van der Waals surface area contributed by atoms with Crippen LogP contribution >= 0.6 is 0 Å². The molecule has 0 saturated heterocycles. The molecule has 4 aromatic carbocycles. The van der Waals surface area contributed by atoms with Crippen LogP contribution in [0.5, 0.6) is 17.4 Å². The molecule has 2 N–H and O–H groups in total. The van der Waals surface area contributed by atoms with E-state index in [1.807, 2.05) is 103 Å². The molecule has 0 saturated carbocycles. The Morgan fingerprint density at radius 3 is 1.92 bits per heavy atom. The Morgan fingerprint density at radius 2 is 1.27 bits per heavy atom. The molecule has 0 aliphatic heterocycles. The van der Waals surface area contributed by atoms with E-state index < -0.39 is 0 Å². The fraction of sp³-hybridized carbons (Fsp3) is 0.0968. The van der Waals surface area contributed by atoms with E-state index in [2.05, 4.69) is 9.97 Å². The molecule has 0 amide bonds. The summed E-state index contributed by atoms with van der Waals surface area (Å²) in [5.74, 6) is 2.02. The molecule has 0 atom stereocenters. The number of nitrogen functional groups attached to an aromatic ring is 1. The topological polar surface area (TPSA) is 79.5 Å². The van der Waals surface area contributed by atoms with Crippen molar-refractivity contribution in [1.29, 1.82) is 0 Å². The molecular weight excluding hydrogens is 462 g/mol. The average Bonchev–Trinajstić information content (AvgIpc) is 2.96.